The maximum Gasteiger partial charge on any atom is 0.0257 e. The quantitative estimate of drug-likeness (QED) is 0.482. The van der Waals surface area contributed by atoms with Crippen LogP contribution >= 0.6 is 27.5 Å². The van der Waals surface area contributed by atoms with Crippen LogP contribution in [0.5, 0.6) is 0 Å². The monoisotopic (exact) mass is 328 g/mol. The SMILES string of the molecule is ClCC(Cc1ccccc1Br)C1CCCCCC1. The van der Waals surface area contributed by atoms with Crippen molar-refractivity contribution in [3.8, 4) is 0 Å². The third-order valence-electron chi connectivity index (χ3n) is 4.20. The van der Waals surface area contributed by atoms with Crippen LogP contribution < -0.4 is 0 Å². The maximum absolute atomic E-state index is 6.24. The lowest BCUT2D eigenvalue weighted by Gasteiger charge is -2.24. The Labute approximate surface area is 124 Å². The Morgan fingerprint density at radius 1 is 1.11 bits per heavy atom. The zero-order valence-electron chi connectivity index (χ0n) is 10.9. The average Bonchev–Trinajstić information content (AvgIpc) is 2.67. The van der Waals surface area contributed by atoms with Gasteiger partial charge in [-0.05, 0) is 29.9 Å². The van der Waals surface area contributed by atoms with E-state index in [2.05, 4.69) is 40.2 Å². The standard InChI is InChI=1S/C16H22BrCl/c17-16-10-6-5-9-14(16)11-15(12-18)13-7-3-1-2-4-8-13/h5-6,9-10,13,15H,1-4,7-8,11-12H2. The topological polar surface area (TPSA) is 0 Å². The zero-order valence-corrected chi connectivity index (χ0v) is 13.2. The highest BCUT2D eigenvalue weighted by Gasteiger charge is 2.22. The van der Waals surface area contributed by atoms with Gasteiger partial charge in [-0.25, -0.2) is 0 Å². The Bertz CT molecular complexity index is 356. The summed E-state index contributed by atoms with van der Waals surface area (Å²) in [4.78, 5) is 0. The van der Waals surface area contributed by atoms with Crippen molar-refractivity contribution in [2.24, 2.45) is 11.8 Å². The lowest BCUT2D eigenvalue weighted by atomic mass is 9.83. The van der Waals surface area contributed by atoms with Crippen molar-refractivity contribution in [2.75, 3.05) is 5.88 Å². The van der Waals surface area contributed by atoms with Crippen LogP contribution in [-0.2, 0) is 6.42 Å². The first-order chi connectivity index (χ1) is 8.81. The van der Waals surface area contributed by atoms with E-state index in [4.69, 9.17) is 11.6 Å². The Hall–Kier alpha value is -0.0100. The zero-order chi connectivity index (χ0) is 12.8. The van der Waals surface area contributed by atoms with E-state index < -0.39 is 0 Å². The second-order valence-electron chi connectivity index (χ2n) is 5.46. The molecule has 0 bridgehead atoms. The van der Waals surface area contributed by atoms with Crippen LogP contribution in [-0.4, -0.2) is 5.88 Å². The molecule has 1 saturated carbocycles. The summed E-state index contributed by atoms with van der Waals surface area (Å²) >= 11 is 9.89. The van der Waals surface area contributed by atoms with Crippen LogP contribution in [0.3, 0.4) is 0 Å². The van der Waals surface area contributed by atoms with Gasteiger partial charge in [0, 0.05) is 10.4 Å². The van der Waals surface area contributed by atoms with Gasteiger partial charge in [0.05, 0.1) is 0 Å². The number of benzene rings is 1. The normalized spacial score (nSPS) is 19.4. The largest absolute Gasteiger partial charge is 0.126 e. The van der Waals surface area contributed by atoms with Crippen molar-refractivity contribution in [2.45, 2.75) is 44.9 Å². The van der Waals surface area contributed by atoms with Gasteiger partial charge in [0.15, 0.2) is 0 Å². The molecule has 2 rings (SSSR count). The van der Waals surface area contributed by atoms with Crippen molar-refractivity contribution in [3.63, 3.8) is 0 Å². The Kier molecular flexibility index (Phi) is 6.04. The smallest absolute Gasteiger partial charge is 0.0257 e. The molecule has 0 nitrogen and oxygen atoms in total. The van der Waals surface area contributed by atoms with Gasteiger partial charge >= 0.3 is 0 Å². The molecule has 0 N–H and O–H groups in total. The highest BCUT2D eigenvalue weighted by Crippen LogP contribution is 2.33. The molecule has 100 valence electrons. The third kappa shape index (κ3) is 3.99. The van der Waals surface area contributed by atoms with Crippen molar-refractivity contribution in [1.82, 2.24) is 0 Å². The number of alkyl halides is 1. The minimum Gasteiger partial charge on any atom is -0.126 e. The van der Waals surface area contributed by atoms with E-state index >= 15 is 0 Å². The first kappa shape index (κ1) is 14.4. The fourth-order valence-electron chi connectivity index (χ4n) is 3.08. The number of halogens is 2. The molecular weight excluding hydrogens is 308 g/mol. The fourth-order valence-corrected chi connectivity index (χ4v) is 3.88. The van der Waals surface area contributed by atoms with Crippen LogP contribution in [0.1, 0.15) is 44.1 Å². The van der Waals surface area contributed by atoms with E-state index in [9.17, 15) is 0 Å². The van der Waals surface area contributed by atoms with E-state index in [1.54, 1.807) is 0 Å². The molecule has 1 aromatic carbocycles. The molecule has 0 saturated heterocycles. The number of rotatable bonds is 4. The minimum atomic E-state index is 0.642. The molecule has 1 fully saturated rings. The number of hydrogen-bond donors (Lipinski definition) is 0. The first-order valence-corrected chi connectivity index (χ1v) is 8.43. The molecule has 0 radical (unpaired) electrons. The van der Waals surface area contributed by atoms with Gasteiger partial charge in [0.2, 0.25) is 0 Å². The summed E-state index contributed by atoms with van der Waals surface area (Å²) < 4.78 is 1.23. The summed E-state index contributed by atoms with van der Waals surface area (Å²) in [6, 6.07) is 8.56. The maximum atomic E-state index is 6.24. The average molecular weight is 330 g/mol. The minimum absolute atomic E-state index is 0.642. The van der Waals surface area contributed by atoms with E-state index in [1.165, 1.54) is 48.6 Å². The van der Waals surface area contributed by atoms with Gasteiger partial charge in [-0.15, -0.1) is 11.6 Å². The summed E-state index contributed by atoms with van der Waals surface area (Å²) in [7, 11) is 0. The van der Waals surface area contributed by atoms with Crippen LogP contribution in [0.25, 0.3) is 0 Å². The first-order valence-electron chi connectivity index (χ1n) is 7.10. The molecule has 1 unspecified atom stereocenters. The molecule has 0 aromatic heterocycles. The highest BCUT2D eigenvalue weighted by atomic mass is 79.9. The van der Waals surface area contributed by atoms with Crippen LogP contribution in [0.4, 0.5) is 0 Å². The summed E-state index contributed by atoms with van der Waals surface area (Å²) in [6.07, 6.45) is 9.50. The van der Waals surface area contributed by atoms with Gasteiger partial charge < -0.3 is 0 Å². The molecule has 2 heteroatoms. The van der Waals surface area contributed by atoms with Gasteiger partial charge in [-0.1, -0.05) is 72.7 Å². The molecule has 0 spiro atoms. The van der Waals surface area contributed by atoms with Crippen molar-refractivity contribution < 1.29 is 0 Å². The van der Waals surface area contributed by atoms with Crippen LogP contribution in [0, 0.1) is 11.8 Å². The Morgan fingerprint density at radius 2 is 1.78 bits per heavy atom. The lowest BCUT2D eigenvalue weighted by molar-refractivity contribution is 0.321. The fraction of sp³-hybridized carbons (Fsp3) is 0.625. The van der Waals surface area contributed by atoms with Crippen LogP contribution in [0.2, 0.25) is 0 Å². The van der Waals surface area contributed by atoms with Gasteiger partial charge in [0.25, 0.3) is 0 Å². The molecule has 1 aliphatic carbocycles. The third-order valence-corrected chi connectivity index (χ3v) is 5.37. The molecular formula is C16H22BrCl. The second kappa shape index (κ2) is 7.55. The van der Waals surface area contributed by atoms with E-state index in [0.29, 0.717) is 5.92 Å². The summed E-state index contributed by atoms with van der Waals surface area (Å²) in [5.41, 5.74) is 1.41. The molecule has 0 amide bonds. The number of hydrogen-bond acceptors (Lipinski definition) is 0. The predicted octanol–water partition coefficient (Wildman–Crippen LogP) is 5.82. The van der Waals surface area contributed by atoms with E-state index in [-0.39, 0.29) is 0 Å². The second-order valence-corrected chi connectivity index (χ2v) is 6.62. The highest BCUT2D eigenvalue weighted by molar-refractivity contribution is 9.10. The van der Waals surface area contributed by atoms with E-state index in [1.807, 2.05) is 0 Å². The molecule has 0 heterocycles. The Balaban J connectivity index is 2.02. The van der Waals surface area contributed by atoms with E-state index in [0.717, 1.165) is 18.2 Å². The lowest BCUT2D eigenvalue weighted by Crippen LogP contribution is -2.19. The van der Waals surface area contributed by atoms with Crippen molar-refractivity contribution in [3.05, 3.63) is 34.3 Å². The molecule has 1 atom stereocenters. The summed E-state index contributed by atoms with van der Waals surface area (Å²) in [6.45, 7) is 0. The van der Waals surface area contributed by atoms with Crippen molar-refractivity contribution in [1.29, 1.82) is 0 Å². The summed E-state index contributed by atoms with van der Waals surface area (Å²) in [5.74, 6) is 2.27. The molecule has 1 aliphatic rings. The summed E-state index contributed by atoms with van der Waals surface area (Å²) in [5, 5.41) is 0. The van der Waals surface area contributed by atoms with Crippen LogP contribution in [0.15, 0.2) is 28.7 Å². The Morgan fingerprint density at radius 3 is 2.39 bits per heavy atom. The van der Waals surface area contributed by atoms with Gasteiger partial charge in [-0.2, -0.15) is 0 Å². The molecule has 1 aromatic rings. The van der Waals surface area contributed by atoms with Gasteiger partial charge in [-0.3, -0.25) is 0 Å². The van der Waals surface area contributed by atoms with Crippen molar-refractivity contribution >= 4 is 27.5 Å². The molecule has 0 aliphatic heterocycles. The van der Waals surface area contributed by atoms with Gasteiger partial charge in [0.1, 0.15) is 0 Å². The predicted molar refractivity (Wildman–Crippen MR) is 83.2 cm³/mol. The molecule has 18 heavy (non-hydrogen) atoms.